The summed E-state index contributed by atoms with van der Waals surface area (Å²) in [5, 5.41) is 0.986. The normalized spacial score (nSPS) is 10.0. The molecule has 0 aliphatic heterocycles. The van der Waals surface area contributed by atoms with Gasteiger partial charge in [0.25, 0.3) is 0 Å². The van der Waals surface area contributed by atoms with Crippen LogP contribution in [0.15, 0.2) is 47.4 Å². The van der Waals surface area contributed by atoms with Gasteiger partial charge in [-0.1, -0.05) is 18.2 Å². The van der Waals surface area contributed by atoms with E-state index in [9.17, 15) is 4.79 Å². The monoisotopic (exact) mass is 157 g/mol. The van der Waals surface area contributed by atoms with Crippen molar-refractivity contribution in [3.8, 4) is 0 Å². The van der Waals surface area contributed by atoms with Crippen LogP contribution in [0.5, 0.6) is 0 Å². The van der Waals surface area contributed by atoms with Gasteiger partial charge in [0.2, 0.25) is 0 Å². The van der Waals surface area contributed by atoms with E-state index >= 15 is 0 Å². The molecule has 0 saturated carbocycles. The van der Waals surface area contributed by atoms with Gasteiger partial charge in [-0.15, -0.1) is 0 Å². The van der Waals surface area contributed by atoms with Crippen molar-refractivity contribution in [1.29, 1.82) is 0 Å². The van der Waals surface area contributed by atoms with Crippen LogP contribution in [0.4, 0.5) is 0 Å². The van der Waals surface area contributed by atoms with Crippen molar-refractivity contribution in [2.45, 2.75) is 0 Å². The van der Waals surface area contributed by atoms with Crippen LogP contribution >= 0.6 is 0 Å². The molecule has 0 N–H and O–H groups in total. The third-order valence-corrected chi connectivity index (χ3v) is 1.69. The molecule has 0 saturated heterocycles. The third kappa shape index (κ3) is 1.19. The molecule has 0 unspecified atom stereocenters. The first-order chi connectivity index (χ1) is 5.86. The molecular weight excluding hydrogens is 150 g/mol. The standard InChI is InChI=1S/C10H7NO/c12-9-5-1-3-8-4-2-6-11-10(8)7-9/h1-7H. The second kappa shape index (κ2) is 2.74. The van der Waals surface area contributed by atoms with Crippen LogP contribution in [0.1, 0.15) is 0 Å². The number of aromatic nitrogens is 1. The summed E-state index contributed by atoms with van der Waals surface area (Å²) in [5.41, 5.74) is 0.733. The minimum Gasteiger partial charge on any atom is -0.290 e. The number of rotatable bonds is 0. The molecule has 2 nitrogen and oxygen atoms in total. The molecule has 2 heteroatoms. The van der Waals surface area contributed by atoms with Gasteiger partial charge in [0, 0.05) is 17.6 Å². The zero-order valence-corrected chi connectivity index (χ0v) is 6.40. The molecule has 0 atom stereocenters. The average Bonchev–Trinajstić information content (AvgIpc) is 2.25. The quantitative estimate of drug-likeness (QED) is 0.581. The number of hydrogen-bond donors (Lipinski definition) is 0. The fraction of sp³-hybridized carbons (Fsp3) is 0. The Morgan fingerprint density at radius 1 is 1.08 bits per heavy atom. The van der Waals surface area contributed by atoms with E-state index in [0.717, 1.165) is 10.9 Å². The largest absolute Gasteiger partial charge is 0.290 e. The van der Waals surface area contributed by atoms with E-state index in [1.165, 1.54) is 12.1 Å². The maximum atomic E-state index is 11.0. The predicted octanol–water partition coefficient (Wildman–Crippen LogP) is 1.59. The maximum Gasteiger partial charge on any atom is 0.180 e. The van der Waals surface area contributed by atoms with E-state index in [1.807, 2.05) is 18.2 Å². The van der Waals surface area contributed by atoms with Crippen LogP contribution in [0.25, 0.3) is 10.9 Å². The Morgan fingerprint density at radius 2 is 1.92 bits per heavy atom. The summed E-state index contributed by atoms with van der Waals surface area (Å²) >= 11 is 0. The molecule has 2 rings (SSSR count). The smallest absolute Gasteiger partial charge is 0.180 e. The van der Waals surface area contributed by atoms with Crippen molar-refractivity contribution in [2.75, 3.05) is 0 Å². The van der Waals surface area contributed by atoms with Crippen LogP contribution < -0.4 is 5.43 Å². The molecule has 1 aromatic heterocycles. The highest BCUT2D eigenvalue weighted by atomic mass is 16.1. The maximum absolute atomic E-state index is 11.0. The van der Waals surface area contributed by atoms with E-state index in [1.54, 1.807) is 12.3 Å². The number of fused-ring (bicyclic) bond motifs is 1. The molecule has 2 aromatic rings. The van der Waals surface area contributed by atoms with Gasteiger partial charge in [-0.2, -0.15) is 0 Å². The molecule has 0 aliphatic rings. The van der Waals surface area contributed by atoms with Crippen molar-refractivity contribution in [3.05, 3.63) is 52.8 Å². The molecule has 1 heterocycles. The summed E-state index contributed by atoms with van der Waals surface area (Å²) in [6, 6.07) is 10.5. The molecule has 58 valence electrons. The Labute approximate surface area is 69.5 Å². The minimum atomic E-state index is -0.0105. The van der Waals surface area contributed by atoms with Gasteiger partial charge in [-0.25, -0.2) is 0 Å². The van der Waals surface area contributed by atoms with Crippen molar-refractivity contribution in [2.24, 2.45) is 0 Å². The van der Waals surface area contributed by atoms with E-state index < -0.39 is 0 Å². The molecule has 0 aliphatic carbocycles. The highest BCUT2D eigenvalue weighted by Crippen LogP contribution is 2.05. The average molecular weight is 157 g/mol. The second-order valence-corrected chi connectivity index (χ2v) is 2.55. The van der Waals surface area contributed by atoms with Crippen LogP contribution in [0.3, 0.4) is 0 Å². The summed E-state index contributed by atoms with van der Waals surface area (Å²) in [6.45, 7) is 0. The topological polar surface area (TPSA) is 30.0 Å². The lowest BCUT2D eigenvalue weighted by Gasteiger charge is -1.86. The summed E-state index contributed by atoms with van der Waals surface area (Å²) in [5.74, 6) is 0. The molecule has 0 bridgehead atoms. The lowest BCUT2D eigenvalue weighted by atomic mass is 10.3. The summed E-state index contributed by atoms with van der Waals surface area (Å²) < 4.78 is 0. The van der Waals surface area contributed by atoms with Gasteiger partial charge in [-0.05, 0) is 12.1 Å². The first-order valence-corrected chi connectivity index (χ1v) is 3.71. The highest BCUT2D eigenvalue weighted by Gasteiger charge is 1.89. The van der Waals surface area contributed by atoms with E-state index in [2.05, 4.69) is 4.98 Å². The van der Waals surface area contributed by atoms with Crippen molar-refractivity contribution in [3.63, 3.8) is 0 Å². The lowest BCUT2D eigenvalue weighted by molar-refractivity contribution is 1.42. The van der Waals surface area contributed by atoms with E-state index in [4.69, 9.17) is 0 Å². The summed E-state index contributed by atoms with van der Waals surface area (Å²) in [6.07, 6.45) is 1.68. The number of hydrogen-bond acceptors (Lipinski definition) is 2. The first-order valence-electron chi connectivity index (χ1n) is 3.71. The van der Waals surface area contributed by atoms with Gasteiger partial charge < -0.3 is 0 Å². The van der Waals surface area contributed by atoms with Crippen LogP contribution in [-0.2, 0) is 0 Å². The van der Waals surface area contributed by atoms with Crippen LogP contribution in [0.2, 0.25) is 0 Å². The first kappa shape index (κ1) is 6.98. The Bertz CT molecular complexity index is 465. The Morgan fingerprint density at radius 3 is 2.83 bits per heavy atom. The van der Waals surface area contributed by atoms with Crippen LogP contribution in [-0.4, -0.2) is 4.98 Å². The summed E-state index contributed by atoms with van der Waals surface area (Å²) in [7, 11) is 0. The Kier molecular flexibility index (Phi) is 1.59. The van der Waals surface area contributed by atoms with Crippen molar-refractivity contribution < 1.29 is 0 Å². The van der Waals surface area contributed by atoms with Gasteiger partial charge in [0.1, 0.15) is 0 Å². The summed E-state index contributed by atoms with van der Waals surface area (Å²) in [4.78, 5) is 15.1. The van der Waals surface area contributed by atoms with Crippen molar-refractivity contribution >= 4 is 10.9 Å². The molecule has 0 amide bonds. The van der Waals surface area contributed by atoms with Crippen LogP contribution in [0, 0.1) is 0 Å². The zero-order valence-electron chi connectivity index (χ0n) is 6.40. The lowest BCUT2D eigenvalue weighted by Crippen LogP contribution is -1.89. The Balaban J connectivity index is 2.98. The number of pyridine rings is 1. The zero-order chi connectivity index (χ0) is 8.39. The third-order valence-electron chi connectivity index (χ3n) is 1.69. The SMILES string of the molecule is O=c1cccc2cccnc2c1. The molecular formula is C10H7NO. The highest BCUT2D eigenvalue weighted by molar-refractivity contribution is 5.77. The number of nitrogens with zero attached hydrogens (tertiary/aromatic N) is 1. The molecule has 0 fully saturated rings. The second-order valence-electron chi connectivity index (χ2n) is 2.55. The molecule has 12 heavy (non-hydrogen) atoms. The Hall–Kier alpha value is -1.70. The fourth-order valence-corrected chi connectivity index (χ4v) is 1.12. The van der Waals surface area contributed by atoms with Gasteiger partial charge in [-0.3, -0.25) is 9.78 Å². The van der Waals surface area contributed by atoms with E-state index in [0.29, 0.717) is 0 Å². The molecule has 0 radical (unpaired) electrons. The molecule has 1 aromatic carbocycles. The minimum absolute atomic E-state index is 0.0105. The van der Waals surface area contributed by atoms with Gasteiger partial charge in [0.05, 0.1) is 5.52 Å². The molecule has 0 spiro atoms. The van der Waals surface area contributed by atoms with Crippen molar-refractivity contribution in [1.82, 2.24) is 4.98 Å². The van der Waals surface area contributed by atoms with Gasteiger partial charge >= 0.3 is 0 Å². The fourth-order valence-electron chi connectivity index (χ4n) is 1.12. The van der Waals surface area contributed by atoms with Gasteiger partial charge in [0.15, 0.2) is 5.43 Å². The predicted molar refractivity (Wildman–Crippen MR) is 48.0 cm³/mol. The van der Waals surface area contributed by atoms with E-state index in [-0.39, 0.29) is 5.43 Å².